The Kier molecular flexibility index (Phi) is 6.66. The maximum atomic E-state index is 15.5. The van der Waals surface area contributed by atoms with Gasteiger partial charge in [-0.1, -0.05) is 49.2 Å². The Hall–Kier alpha value is -3.64. The van der Waals surface area contributed by atoms with Crippen LogP contribution >= 0.6 is 0 Å². The first kappa shape index (κ1) is 24.7. The Morgan fingerprint density at radius 1 is 1.03 bits per heavy atom. The van der Waals surface area contributed by atoms with Crippen molar-refractivity contribution in [3.63, 3.8) is 0 Å². The number of carboxylic acids is 1. The zero-order valence-electron chi connectivity index (χ0n) is 21.7. The van der Waals surface area contributed by atoms with E-state index in [1.807, 2.05) is 30.3 Å². The second-order valence-corrected chi connectivity index (χ2v) is 10.7. The van der Waals surface area contributed by atoms with E-state index in [1.165, 1.54) is 0 Å². The first-order valence-corrected chi connectivity index (χ1v) is 13.5. The molecule has 4 aromatic rings. The molecule has 38 heavy (non-hydrogen) atoms. The molecule has 0 spiro atoms. The number of hydrogen-bond acceptors (Lipinski definition) is 3. The van der Waals surface area contributed by atoms with Gasteiger partial charge in [0, 0.05) is 42.0 Å². The van der Waals surface area contributed by atoms with Crippen LogP contribution in [0.5, 0.6) is 5.75 Å². The highest BCUT2D eigenvalue weighted by Crippen LogP contribution is 2.47. The Labute approximate surface area is 222 Å². The third-order valence-corrected chi connectivity index (χ3v) is 8.13. The largest absolute Gasteiger partial charge is 0.489 e. The smallest absolute Gasteiger partial charge is 0.335 e. The van der Waals surface area contributed by atoms with Crippen molar-refractivity contribution in [2.24, 2.45) is 0 Å². The summed E-state index contributed by atoms with van der Waals surface area (Å²) in [6.45, 7) is 2.75. The van der Waals surface area contributed by atoms with Crippen molar-refractivity contribution in [3.05, 3.63) is 89.0 Å². The van der Waals surface area contributed by atoms with E-state index in [0.717, 1.165) is 77.0 Å². The fraction of sp³-hybridized carbons (Fsp3) is 0.344. The summed E-state index contributed by atoms with van der Waals surface area (Å²) in [6.07, 6.45) is 2.40. The number of carboxylic acid groups (broad SMARTS) is 1. The molecule has 5 nitrogen and oxygen atoms in total. The molecule has 0 bridgehead atoms. The average Bonchev–Trinajstić information content (AvgIpc) is 3.23. The van der Waals surface area contributed by atoms with Gasteiger partial charge in [-0.25, -0.2) is 9.18 Å². The van der Waals surface area contributed by atoms with Gasteiger partial charge in [0.2, 0.25) is 0 Å². The highest BCUT2D eigenvalue weighted by Gasteiger charge is 2.34. The van der Waals surface area contributed by atoms with Gasteiger partial charge >= 0.3 is 5.97 Å². The molecular formula is C32H33FN2O3. The van der Waals surface area contributed by atoms with Crippen molar-refractivity contribution >= 4 is 16.9 Å². The topological polar surface area (TPSA) is 54.7 Å². The molecule has 1 saturated carbocycles. The number of carbonyl (C=O) groups is 1. The van der Waals surface area contributed by atoms with Crippen LogP contribution in [0.4, 0.5) is 4.39 Å². The number of alkyl halides is 1. The number of fused-ring (bicyclic) bond motifs is 5. The zero-order valence-corrected chi connectivity index (χ0v) is 21.7. The van der Waals surface area contributed by atoms with Crippen LogP contribution in [0.25, 0.3) is 22.2 Å². The quantitative estimate of drug-likeness (QED) is 0.312. The first-order valence-electron chi connectivity index (χ1n) is 13.5. The minimum absolute atomic E-state index is 0.197. The van der Waals surface area contributed by atoms with Crippen LogP contribution in [0.15, 0.2) is 66.7 Å². The second kappa shape index (κ2) is 10.3. The lowest BCUT2D eigenvalue weighted by atomic mass is 9.80. The summed E-state index contributed by atoms with van der Waals surface area (Å²) >= 11 is 0. The molecule has 0 amide bonds. The highest BCUT2D eigenvalue weighted by molar-refractivity contribution is 5.98. The van der Waals surface area contributed by atoms with Crippen LogP contribution in [0.1, 0.15) is 58.6 Å². The van der Waals surface area contributed by atoms with Crippen LogP contribution in [0.3, 0.4) is 0 Å². The number of hydrogen-bond donors (Lipinski definition) is 1. The molecule has 3 aromatic carbocycles. The number of rotatable bonds is 5. The van der Waals surface area contributed by atoms with E-state index >= 15 is 4.39 Å². The van der Waals surface area contributed by atoms with E-state index < -0.39 is 12.1 Å². The Balaban J connectivity index is 1.52. The van der Waals surface area contributed by atoms with Gasteiger partial charge in [-0.2, -0.15) is 0 Å². The Bertz CT molecular complexity index is 1480. The van der Waals surface area contributed by atoms with Crippen molar-refractivity contribution in [2.75, 3.05) is 13.6 Å². The fourth-order valence-corrected chi connectivity index (χ4v) is 6.22. The van der Waals surface area contributed by atoms with Crippen LogP contribution in [0.2, 0.25) is 0 Å². The SMILES string of the molecule is CN1CCn2c(c([C@@H]3CCCC[C@H]3F)c3ccc(C(=O)O)cc32)-c2ccc(OCc3ccccc3)cc2C1. The monoisotopic (exact) mass is 512 g/mol. The Morgan fingerprint density at radius 2 is 1.84 bits per heavy atom. The molecule has 2 heterocycles. The van der Waals surface area contributed by atoms with Gasteiger partial charge in [-0.15, -0.1) is 0 Å². The lowest BCUT2D eigenvalue weighted by molar-refractivity contribution is 0.0697. The molecule has 1 aliphatic carbocycles. The zero-order chi connectivity index (χ0) is 26.2. The lowest BCUT2D eigenvalue weighted by Crippen LogP contribution is -2.26. The van der Waals surface area contributed by atoms with Crippen molar-refractivity contribution in [1.82, 2.24) is 9.47 Å². The molecule has 6 heteroatoms. The van der Waals surface area contributed by atoms with Crippen LogP contribution in [-0.4, -0.2) is 40.3 Å². The standard InChI is InChI=1S/C32H33FN2O3/c1-34-15-16-35-29-18-22(32(36)37)11-13-27(29)30(26-9-5-6-10-28(26)33)31(35)25-14-12-24(17-23(25)19-34)38-20-21-7-3-2-4-8-21/h2-4,7-8,11-14,17-18,26,28H,5-6,9-10,15-16,19-20H2,1H3,(H,36,37)/t26-,28-/m1/s1. The summed E-state index contributed by atoms with van der Waals surface area (Å²) < 4.78 is 23.9. The summed E-state index contributed by atoms with van der Waals surface area (Å²) in [5, 5.41) is 10.7. The number of halogens is 1. The van der Waals surface area contributed by atoms with Gasteiger partial charge in [-0.05, 0) is 66.9 Å². The van der Waals surface area contributed by atoms with Crippen molar-refractivity contribution < 1.29 is 19.0 Å². The molecule has 0 unspecified atom stereocenters. The normalized spacial score (nSPS) is 19.8. The number of aromatic nitrogens is 1. The molecule has 2 aliphatic rings. The summed E-state index contributed by atoms with van der Waals surface area (Å²) in [4.78, 5) is 14.1. The van der Waals surface area contributed by atoms with E-state index in [0.29, 0.717) is 19.6 Å². The molecule has 1 fully saturated rings. The third kappa shape index (κ3) is 4.58. The Morgan fingerprint density at radius 3 is 2.63 bits per heavy atom. The predicted molar refractivity (Wildman–Crippen MR) is 148 cm³/mol. The van der Waals surface area contributed by atoms with Crippen molar-refractivity contribution in [3.8, 4) is 17.0 Å². The van der Waals surface area contributed by atoms with E-state index in [4.69, 9.17) is 4.74 Å². The number of likely N-dealkylation sites (N-methyl/N-ethyl adjacent to an activating group) is 1. The van der Waals surface area contributed by atoms with Crippen LogP contribution in [-0.2, 0) is 19.7 Å². The first-order chi connectivity index (χ1) is 18.5. The lowest BCUT2D eigenvalue weighted by Gasteiger charge is -2.29. The molecule has 0 saturated heterocycles. The molecule has 1 aromatic heterocycles. The maximum Gasteiger partial charge on any atom is 0.335 e. The van der Waals surface area contributed by atoms with Gasteiger partial charge < -0.3 is 19.3 Å². The number of benzene rings is 3. The minimum Gasteiger partial charge on any atom is -0.489 e. The second-order valence-electron chi connectivity index (χ2n) is 10.7. The maximum absolute atomic E-state index is 15.5. The molecule has 0 radical (unpaired) electrons. The van der Waals surface area contributed by atoms with E-state index in [2.05, 4.69) is 40.8 Å². The van der Waals surface area contributed by atoms with Crippen molar-refractivity contribution in [2.45, 2.75) is 57.5 Å². The summed E-state index contributed by atoms with van der Waals surface area (Å²) in [7, 11) is 2.10. The third-order valence-electron chi connectivity index (χ3n) is 8.13. The predicted octanol–water partition coefficient (Wildman–Crippen LogP) is 7.03. The fourth-order valence-electron chi connectivity index (χ4n) is 6.22. The van der Waals surface area contributed by atoms with Crippen LogP contribution < -0.4 is 4.74 Å². The molecular weight excluding hydrogens is 479 g/mol. The number of aromatic carboxylic acids is 1. The van der Waals surface area contributed by atoms with E-state index in [1.54, 1.807) is 12.1 Å². The van der Waals surface area contributed by atoms with Gasteiger partial charge in [0.25, 0.3) is 0 Å². The molecule has 1 N–H and O–H groups in total. The molecule has 196 valence electrons. The molecule has 2 atom stereocenters. The van der Waals surface area contributed by atoms with Gasteiger partial charge in [0.15, 0.2) is 0 Å². The summed E-state index contributed by atoms with van der Waals surface area (Å²) in [6, 6.07) is 21.7. The van der Waals surface area contributed by atoms with E-state index in [9.17, 15) is 9.90 Å². The molecule has 6 rings (SSSR count). The van der Waals surface area contributed by atoms with Crippen LogP contribution in [0, 0.1) is 0 Å². The molecule has 1 aliphatic heterocycles. The van der Waals surface area contributed by atoms with E-state index in [-0.39, 0.29) is 11.5 Å². The number of ether oxygens (including phenoxy) is 1. The van der Waals surface area contributed by atoms with Crippen molar-refractivity contribution in [1.29, 1.82) is 0 Å². The highest BCUT2D eigenvalue weighted by atomic mass is 19.1. The van der Waals surface area contributed by atoms with Gasteiger partial charge in [-0.3, -0.25) is 0 Å². The minimum atomic E-state index is -0.950. The van der Waals surface area contributed by atoms with Gasteiger partial charge in [0.05, 0.1) is 11.3 Å². The summed E-state index contributed by atoms with van der Waals surface area (Å²) in [5.41, 5.74) is 6.52. The van der Waals surface area contributed by atoms with Gasteiger partial charge in [0.1, 0.15) is 18.5 Å². The average molecular weight is 513 g/mol. The summed E-state index contributed by atoms with van der Waals surface area (Å²) in [5.74, 6) is -0.342. The number of nitrogens with zero attached hydrogens (tertiary/aromatic N) is 2.